The summed E-state index contributed by atoms with van der Waals surface area (Å²) in [7, 11) is 0. The van der Waals surface area contributed by atoms with E-state index in [2.05, 4.69) is 10.9 Å². The molecule has 1 heterocycles. The van der Waals surface area contributed by atoms with Crippen LogP contribution in [0.15, 0.2) is 24.4 Å². The third-order valence-electron chi connectivity index (χ3n) is 1.78. The molecule has 0 unspecified atom stereocenters. The Morgan fingerprint density at radius 2 is 2.15 bits per heavy atom. The van der Waals surface area contributed by atoms with Crippen LogP contribution in [0, 0.1) is 18.2 Å². The van der Waals surface area contributed by atoms with Gasteiger partial charge in [0.1, 0.15) is 5.82 Å². The molecular weight excluding hydrogens is 212 g/mol. The summed E-state index contributed by atoms with van der Waals surface area (Å²) in [5.74, 6) is 1.94. The number of fused-ring (bicyclic) bond motifs is 1. The van der Waals surface area contributed by atoms with Gasteiger partial charge in [0.05, 0.1) is 0 Å². The van der Waals surface area contributed by atoms with E-state index in [4.69, 9.17) is 6.42 Å². The van der Waals surface area contributed by atoms with Gasteiger partial charge in [-0.05, 0) is 18.2 Å². The van der Waals surface area contributed by atoms with E-state index < -0.39 is 0 Å². The van der Waals surface area contributed by atoms with Gasteiger partial charge in [0.2, 0.25) is 0 Å². The second kappa shape index (κ2) is 3.65. The van der Waals surface area contributed by atoms with Gasteiger partial charge in [0, 0.05) is 22.3 Å². The molecule has 0 bridgehead atoms. The smallest absolute Gasteiger partial charge is 0.122 e. The molecule has 0 aliphatic heterocycles. The van der Waals surface area contributed by atoms with Gasteiger partial charge in [-0.3, -0.25) is 5.92 Å². The molecule has 0 saturated carbocycles. The van der Waals surface area contributed by atoms with Crippen LogP contribution in [-0.2, 0) is 16.8 Å². The average Bonchev–Trinajstić information content (AvgIpc) is 2.46. The summed E-state index contributed by atoms with van der Waals surface area (Å²) in [6, 6.07) is 4.42. The topological polar surface area (TPSA) is 15.8 Å². The minimum Gasteiger partial charge on any atom is -0.379 e. The third-order valence-corrected chi connectivity index (χ3v) is 1.78. The van der Waals surface area contributed by atoms with E-state index in [0.29, 0.717) is 10.9 Å². The number of aromatic nitrogens is 1. The fourth-order valence-corrected chi connectivity index (χ4v) is 1.20. The predicted octanol–water partition coefficient (Wildman–Crippen LogP) is 2.24. The van der Waals surface area contributed by atoms with Crippen LogP contribution in [0.2, 0.25) is 0 Å². The maximum Gasteiger partial charge on any atom is 0.122 e. The summed E-state index contributed by atoms with van der Waals surface area (Å²) in [6.07, 6.45) is 8.56. The molecule has 0 spiro atoms. The van der Waals surface area contributed by atoms with Crippen molar-refractivity contribution in [2.24, 2.45) is 0 Å². The van der Waals surface area contributed by atoms with Gasteiger partial charge in [-0.2, -0.15) is 0 Å². The number of nitrogens with one attached hydrogen (secondary N) is 1. The largest absolute Gasteiger partial charge is 0.379 e. The molecule has 1 radical (unpaired) electrons. The number of hydrogen-bond acceptors (Lipinski definition) is 0. The molecule has 0 fully saturated rings. The van der Waals surface area contributed by atoms with Gasteiger partial charge in [-0.15, -0.1) is 5.56 Å². The number of H-pyrrole nitrogens is 1. The van der Waals surface area contributed by atoms with Gasteiger partial charge in [-0.25, -0.2) is 4.39 Å². The molecule has 0 saturated heterocycles. The molecule has 2 rings (SSSR count). The van der Waals surface area contributed by atoms with Gasteiger partial charge in [0.25, 0.3) is 0 Å². The number of halogens is 1. The zero-order valence-electron chi connectivity index (χ0n) is 6.52. The van der Waals surface area contributed by atoms with Crippen LogP contribution < -0.4 is 0 Å². The molecule has 1 aromatic heterocycles. The predicted molar refractivity (Wildman–Crippen MR) is 44.5 cm³/mol. The molecule has 13 heavy (non-hydrogen) atoms. The standard InChI is InChI=1S/C10H5FN.Co/c1-2-7-6-12-10-4-3-8(11)5-9(7)10;/h3-6,12H;/q-1;. The van der Waals surface area contributed by atoms with Gasteiger partial charge < -0.3 is 11.4 Å². The normalized spacial score (nSPS) is 9.23. The van der Waals surface area contributed by atoms with Crippen LogP contribution >= 0.6 is 0 Å². The zero-order chi connectivity index (χ0) is 8.55. The number of hydrogen-bond donors (Lipinski definition) is 1. The SMILES string of the molecule is [C-]#Cc1c[nH]c2ccc(F)cc12.[Co]. The van der Waals surface area contributed by atoms with Crippen molar-refractivity contribution in [1.82, 2.24) is 4.98 Å². The zero-order valence-corrected chi connectivity index (χ0v) is 7.56. The second-order valence-corrected chi connectivity index (χ2v) is 2.52. The monoisotopic (exact) mass is 217 g/mol. The second-order valence-electron chi connectivity index (χ2n) is 2.52. The maximum atomic E-state index is 12.7. The first-order valence-electron chi connectivity index (χ1n) is 3.50. The Kier molecular flexibility index (Phi) is 2.76. The Hall–Kier alpha value is -1.24. The van der Waals surface area contributed by atoms with Crippen LogP contribution in [0.1, 0.15) is 5.56 Å². The Balaban J connectivity index is 0.000000845. The first-order chi connectivity index (χ1) is 5.81. The minimum absolute atomic E-state index is 0. The number of aromatic amines is 1. The Morgan fingerprint density at radius 1 is 1.38 bits per heavy atom. The van der Waals surface area contributed by atoms with Crippen LogP contribution in [0.5, 0.6) is 0 Å². The fourth-order valence-electron chi connectivity index (χ4n) is 1.20. The van der Waals surface area contributed by atoms with Gasteiger partial charge >= 0.3 is 0 Å². The molecule has 67 valence electrons. The third kappa shape index (κ3) is 1.59. The van der Waals surface area contributed by atoms with Crippen LogP contribution in [0.3, 0.4) is 0 Å². The molecular formula is C10H5CoFN-. The van der Waals surface area contributed by atoms with E-state index in [9.17, 15) is 4.39 Å². The van der Waals surface area contributed by atoms with Crippen molar-refractivity contribution >= 4 is 10.9 Å². The minimum atomic E-state index is -0.293. The Bertz CT molecular complexity index is 467. The van der Waals surface area contributed by atoms with Gasteiger partial charge in [0.15, 0.2) is 0 Å². The van der Waals surface area contributed by atoms with Gasteiger partial charge in [-0.1, -0.05) is 11.6 Å². The van der Waals surface area contributed by atoms with Crippen LogP contribution in [-0.4, -0.2) is 4.98 Å². The summed E-state index contributed by atoms with van der Waals surface area (Å²) in [5.41, 5.74) is 1.41. The number of rotatable bonds is 0. The Morgan fingerprint density at radius 3 is 2.85 bits per heavy atom. The quantitative estimate of drug-likeness (QED) is 0.514. The summed E-state index contributed by atoms with van der Waals surface area (Å²) in [6.45, 7) is 0. The van der Waals surface area contributed by atoms with E-state index in [1.807, 2.05) is 0 Å². The average molecular weight is 217 g/mol. The molecule has 2 aromatic rings. The summed E-state index contributed by atoms with van der Waals surface area (Å²) in [5, 5.41) is 0.699. The van der Waals surface area contributed by atoms with E-state index in [1.54, 1.807) is 12.3 Å². The first-order valence-corrected chi connectivity index (χ1v) is 3.50. The molecule has 1 aromatic carbocycles. The van der Waals surface area contributed by atoms with Crippen LogP contribution in [0.25, 0.3) is 10.9 Å². The van der Waals surface area contributed by atoms with Crippen molar-refractivity contribution in [3.8, 4) is 5.92 Å². The fraction of sp³-hybridized carbons (Fsp3) is 0. The van der Waals surface area contributed by atoms with Crippen molar-refractivity contribution in [3.05, 3.63) is 42.2 Å². The number of benzene rings is 1. The van der Waals surface area contributed by atoms with Crippen molar-refractivity contribution in [3.63, 3.8) is 0 Å². The molecule has 0 amide bonds. The van der Waals surface area contributed by atoms with E-state index in [1.165, 1.54) is 12.1 Å². The van der Waals surface area contributed by atoms with Crippen molar-refractivity contribution in [2.45, 2.75) is 0 Å². The molecule has 1 nitrogen and oxygen atoms in total. The summed E-state index contributed by atoms with van der Waals surface area (Å²) in [4.78, 5) is 2.92. The molecule has 1 N–H and O–H groups in total. The van der Waals surface area contributed by atoms with Crippen molar-refractivity contribution in [2.75, 3.05) is 0 Å². The van der Waals surface area contributed by atoms with E-state index >= 15 is 0 Å². The van der Waals surface area contributed by atoms with Crippen LogP contribution in [0.4, 0.5) is 4.39 Å². The molecule has 0 atom stereocenters. The molecule has 0 aliphatic rings. The summed E-state index contributed by atoms with van der Waals surface area (Å²) >= 11 is 0. The Labute approximate surface area is 85.5 Å². The maximum absolute atomic E-state index is 12.7. The molecule has 0 aliphatic carbocycles. The summed E-state index contributed by atoms with van der Waals surface area (Å²) < 4.78 is 12.7. The van der Waals surface area contributed by atoms with E-state index in [0.717, 1.165) is 5.52 Å². The molecule has 3 heteroatoms. The van der Waals surface area contributed by atoms with Crippen molar-refractivity contribution < 1.29 is 21.2 Å². The first kappa shape index (κ1) is 9.84. The van der Waals surface area contributed by atoms with Crippen molar-refractivity contribution in [1.29, 1.82) is 0 Å². The van der Waals surface area contributed by atoms with E-state index in [-0.39, 0.29) is 22.6 Å².